The van der Waals surface area contributed by atoms with Gasteiger partial charge in [0.05, 0.1) is 0 Å². The molecule has 0 aliphatic carbocycles. The lowest BCUT2D eigenvalue weighted by Gasteiger charge is -2.01. The number of anilines is 1. The highest BCUT2D eigenvalue weighted by Crippen LogP contribution is 2.23. The minimum atomic E-state index is -3.57. The first-order chi connectivity index (χ1) is 10.3. The van der Waals surface area contributed by atoms with Crippen LogP contribution < -0.4 is 5.73 Å². The largest absolute Gasteiger partial charge is 0.368 e. The standard InChI is InChI=1S/C12H11IN6O2S/c1-6-5-7(13)3-4-8(6)9-15-11-17-12(22(2,20)21)16-10(14)19(11)18-9/h3-5H,1-2H3,(H2,14,15,16,17,18). The monoisotopic (exact) mass is 430 g/mol. The number of fused-ring (bicyclic) bond motifs is 1. The van der Waals surface area contributed by atoms with E-state index >= 15 is 0 Å². The molecule has 0 unspecified atom stereocenters. The van der Waals surface area contributed by atoms with Crippen molar-refractivity contribution in [1.29, 1.82) is 0 Å². The molecule has 0 atom stereocenters. The molecule has 10 heteroatoms. The van der Waals surface area contributed by atoms with Gasteiger partial charge in [0.2, 0.25) is 15.8 Å². The second-order valence-electron chi connectivity index (χ2n) is 4.74. The van der Waals surface area contributed by atoms with Crippen molar-refractivity contribution in [2.75, 3.05) is 12.0 Å². The predicted molar refractivity (Wildman–Crippen MR) is 89.0 cm³/mol. The van der Waals surface area contributed by atoms with Crippen LogP contribution in [-0.2, 0) is 9.84 Å². The first-order valence-electron chi connectivity index (χ1n) is 6.12. The molecule has 0 bridgehead atoms. The van der Waals surface area contributed by atoms with Crippen LogP contribution in [0.25, 0.3) is 17.2 Å². The summed E-state index contributed by atoms with van der Waals surface area (Å²) in [6, 6.07) is 5.83. The molecular weight excluding hydrogens is 419 g/mol. The Bertz CT molecular complexity index is 998. The summed E-state index contributed by atoms with van der Waals surface area (Å²) in [7, 11) is -3.57. The topological polar surface area (TPSA) is 116 Å². The molecule has 0 spiro atoms. The number of nitrogens with zero attached hydrogens (tertiary/aromatic N) is 5. The third kappa shape index (κ3) is 2.63. The quantitative estimate of drug-likeness (QED) is 0.605. The van der Waals surface area contributed by atoms with E-state index in [9.17, 15) is 8.42 Å². The van der Waals surface area contributed by atoms with Crippen LogP contribution in [0.1, 0.15) is 5.56 Å². The molecule has 3 aromatic rings. The molecule has 114 valence electrons. The van der Waals surface area contributed by atoms with Gasteiger partial charge in [0, 0.05) is 15.4 Å². The number of rotatable bonds is 2. The van der Waals surface area contributed by atoms with E-state index in [1.54, 1.807) is 0 Å². The predicted octanol–water partition coefficient (Wildman–Crippen LogP) is 1.09. The fourth-order valence-corrected chi connectivity index (χ4v) is 3.10. The Morgan fingerprint density at radius 2 is 1.95 bits per heavy atom. The summed E-state index contributed by atoms with van der Waals surface area (Å²) in [6.07, 6.45) is 1.01. The lowest BCUT2D eigenvalue weighted by molar-refractivity contribution is 0.592. The summed E-state index contributed by atoms with van der Waals surface area (Å²) in [5, 5.41) is 3.89. The fourth-order valence-electron chi connectivity index (χ4n) is 1.94. The van der Waals surface area contributed by atoms with Crippen molar-refractivity contribution in [3.8, 4) is 11.4 Å². The van der Waals surface area contributed by atoms with Gasteiger partial charge in [-0.1, -0.05) is 0 Å². The van der Waals surface area contributed by atoms with Crippen molar-refractivity contribution < 1.29 is 8.42 Å². The van der Waals surface area contributed by atoms with Crippen LogP contribution in [0.15, 0.2) is 23.4 Å². The van der Waals surface area contributed by atoms with Crippen LogP contribution in [0.4, 0.5) is 5.95 Å². The minimum Gasteiger partial charge on any atom is -0.368 e. The Balaban J connectivity index is 2.24. The molecule has 2 heterocycles. The first-order valence-corrected chi connectivity index (χ1v) is 9.09. The smallest absolute Gasteiger partial charge is 0.258 e. The number of hydrogen-bond acceptors (Lipinski definition) is 7. The van der Waals surface area contributed by atoms with Crippen molar-refractivity contribution in [2.24, 2.45) is 0 Å². The van der Waals surface area contributed by atoms with Gasteiger partial charge >= 0.3 is 0 Å². The molecular formula is C12H11IN6O2S. The number of halogens is 1. The number of benzene rings is 1. The first kappa shape index (κ1) is 15.1. The maximum absolute atomic E-state index is 11.6. The molecule has 0 amide bonds. The zero-order chi connectivity index (χ0) is 16.1. The van der Waals surface area contributed by atoms with Crippen molar-refractivity contribution in [2.45, 2.75) is 12.1 Å². The van der Waals surface area contributed by atoms with Crippen LogP contribution in [-0.4, -0.2) is 39.2 Å². The highest BCUT2D eigenvalue weighted by atomic mass is 127. The Morgan fingerprint density at radius 3 is 2.59 bits per heavy atom. The summed E-state index contributed by atoms with van der Waals surface area (Å²) in [6.45, 7) is 1.94. The highest BCUT2D eigenvalue weighted by molar-refractivity contribution is 14.1. The van der Waals surface area contributed by atoms with Crippen molar-refractivity contribution in [3.63, 3.8) is 0 Å². The van der Waals surface area contributed by atoms with Crippen LogP contribution in [0.5, 0.6) is 0 Å². The lowest BCUT2D eigenvalue weighted by atomic mass is 10.1. The zero-order valence-corrected chi connectivity index (χ0v) is 14.6. The van der Waals surface area contributed by atoms with E-state index < -0.39 is 9.84 Å². The Hall–Kier alpha value is -1.82. The molecule has 0 aliphatic rings. The highest BCUT2D eigenvalue weighted by Gasteiger charge is 2.18. The third-order valence-corrected chi connectivity index (χ3v) is 4.49. The molecule has 8 nitrogen and oxygen atoms in total. The molecule has 1 aromatic carbocycles. The van der Waals surface area contributed by atoms with E-state index in [4.69, 9.17) is 5.73 Å². The lowest BCUT2D eigenvalue weighted by Crippen LogP contribution is -2.11. The normalized spacial score (nSPS) is 12.0. The van der Waals surface area contributed by atoms with E-state index in [0.717, 1.165) is 21.0 Å². The molecule has 0 saturated carbocycles. The minimum absolute atomic E-state index is 0.0765. The van der Waals surface area contributed by atoms with Crippen LogP contribution in [0.2, 0.25) is 0 Å². The van der Waals surface area contributed by atoms with E-state index in [-0.39, 0.29) is 16.9 Å². The maximum Gasteiger partial charge on any atom is 0.258 e. The molecule has 2 aromatic heterocycles. The molecule has 3 rings (SSSR count). The number of nitrogen functional groups attached to an aromatic ring is 1. The summed E-state index contributed by atoms with van der Waals surface area (Å²) >= 11 is 2.22. The van der Waals surface area contributed by atoms with Gasteiger partial charge in [-0.25, -0.2) is 8.42 Å². The van der Waals surface area contributed by atoms with Gasteiger partial charge in [-0.3, -0.25) is 0 Å². The Kier molecular flexibility index (Phi) is 3.51. The summed E-state index contributed by atoms with van der Waals surface area (Å²) in [5.41, 5.74) is 7.57. The van der Waals surface area contributed by atoms with E-state index in [1.165, 1.54) is 4.52 Å². The second kappa shape index (κ2) is 5.12. The van der Waals surface area contributed by atoms with E-state index in [0.29, 0.717) is 5.82 Å². The zero-order valence-electron chi connectivity index (χ0n) is 11.6. The fraction of sp³-hybridized carbons (Fsp3) is 0.167. The molecule has 2 N–H and O–H groups in total. The summed E-state index contributed by atoms with van der Waals surface area (Å²) < 4.78 is 25.4. The van der Waals surface area contributed by atoms with Gasteiger partial charge in [-0.2, -0.15) is 19.5 Å². The maximum atomic E-state index is 11.6. The van der Waals surface area contributed by atoms with Gasteiger partial charge in [0.1, 0.15) is 0 Å². The van der Waals surface area contributed by atoms with Gasteiger partial charge < -0.3 is 5.73 Å². The van der Waals surface area contributed by atoms with Gasteiger partial charge in [0.15, 0.2) is 5.82 Å². The van der Waals surface area contributed by atoms with E-state index in [1.807, 2.05) is 25.1 Å². The van der Waals surface area contributed by atoms with Crippen LogP contribution in [0, 0.1) is 10.5 Å². The molecule has 0 saturated heterocycles. The van der Waals surface area contributed by atoms with Gasteiger partial charge in [-0.05, 0) is 53.3 Å². The van der Waals surface area contributed by atoms with Crippen LogP contribution >= 0.6 is 22.6 Å². The van der Waals surface area contributed by atoms with Crippen molar-refractivity contribution >= 4 is 44.2 Å². The summed E-state index contributed by atoms with van der Waals surface area (Å²) in [5.74, 6) is 0.439. The number of hydrogen-bond donors (Lipinski definition) is 1. The number of aryl methyl sites for hydroxylation is 1. The Labute approximate surface area is 139 Å². The van der Waals surface area contributed by atoms with Gasteiger partial charge in [0.25, 0.3) is 10.9 Å². The van der Waals surface area contributed by atoms with E-state index in [2.05, 4.69) is 42.6 Å². The van der Waals surface area contributed by atoms with Crippen molar-refractivity contribution in [3.05, 3.63) is 27.3 Å². The van der Waals surface area contributed by atoms with Crippen LogP contribution in [0.3, 0.4) is 0 Å². The van der Waals surface area contributed by atoms with Gasteiger partial charge in [-0.15, -0.1) is 5.10 Å². The second-order valence-corrected chi connectivity index (χ2v) is 7.90. The molecule has 0 aliphatic heterocycles. The number of nitrogens with two attached hydrogens (primary N) is 1. The molecule has 22 heavy (non-hydrogen) atoms. The summed E-state index contributed by atoms with van der Waals surface area (Å²) in [4.78, 5) is 11.9. The number of sulfone groups is 1. The Morgan fingerprint density at radius 1 is 1.23 bits per heavy atom. The molecule has 0 fully saturated rings. The van der Waals surface area contributed by atoms with Crippen molar-refractivity contribution in [1.82, 2.24) is 24.6 Å². The third-order valence-electron chi connectivity index (χ3n) is 2.97. The average Bonchev–Trinajstić information content (AvgIpc) is 2.81. The average molecular weight is 430 g/mol. The number of aromatic nitrogens is 5. The SMILES string of the molecule is Cc1cc(I)ccc1-c1nc2nc(S(C)(=O)=O)nc(N)n2n1. The molecule has 0 radical (unpaired) electrons.